The van der Waals surface area contributed by atoms with Gasteiger partial charge < -0.3 is 10.2 Å². The minimum absolute atomic E-state index is 0.0657. The van der Waals surface area contributed by atoms with Crippen molar-refractivity contribution >= 4 is 23.2 Å². The molecule has 0 aliphatic heterocycles. The smallest absolute Gasteiger partial charge is 0.410 e. The summed E-state index contributed by atoms with van der Waals surface area (Å²) in [5.74, 6) is 0.153. The van der Waals surface area contributed by atoms with Crippen molar-refractivity contribution in [2.24, 2.45) is 0 Å². The van der Waals surface area contributed by atoms with Crippen LogP contribution < -0.4 is 5.32 Å². The first kappa shape index (κ1) is 11.4. The standard InChI is InChI=1S/C9H8N4O3S/c14-4-5-3-10-8(17-5)6-1-2-7(13-12-6)11-9(15)16/h1-3,14H,4H2,(H,11,13)(H,15,16). The van der Waals surface area contributed by atoms with E-state index >= 15 is 0 Å². The number of rotatable bonds is 3. The number of hydrogen-bond acceptors (Lipinski definition) is 6. The third-order valence-electron chi connectivity index (χ3n) is 1.83. The van der Waals surface area contributed by atoms with Crippen LogP contribution >= 0.6 is 11.3 Å². The van der Waals surface area contributed by atoms with Gasteiger partial charge in [0.05, 0.1) is 11.5 Å². The molecule has 0 radical (unpaired) electrons. The second-order valence-electron chi connectivity index (χ2n) is 3.02. The van der Waals surface area contributed by atoms with E-state index in [1.54, 1.807) is 12.3 Å². The Hall–Kier alpha value is -2.06. The van der Waals surface area contributed by atoms with E-state index in [-0.39, 0.29) is 12.4 Å². The van der Waals surface area contributed by atoms with E-state index in [0.29, 0.717) is 10.7 Å². The number of carboxylic acid groups (broad SMARTS) is 1. The number of aromatic nitrogens is 3. The lowest BCUT2D eigenvalue weighted by Gasteiger charge is -1.98. The lowest BCUT2D eigenvalue weighted by molar-refractivity contribution is 0.209. The molecule has 7 nitrogen and oxygen atoms in total. The van der Waals surface area contributed by atoms with Gasteiger partial charge in [0.25, 0.3) is 0 Å². The van der Waals surface area contributed by atoms with E-state index in [4.69, 9.17) is 10.2 Å². The zero-order chi connectivity index (χ0) is 12.3. The highest BCUT2D eigenvalue weighted by Crippen LogP contribution is 2.23. The summed E-state index contributed by atoms with van der Waals surface area (Å²) in [6, 6.07) is 3.11. The van der Waals surface area contributed by atoms with Gasteiger partial charge in [0.15, 0.2) is 5.82 Å². The van der Waals surface area contributed by atoms with Crippen LogP contribution in [0.1, 0.15) is 4.88 Å². The summed E-state index contributed by atoms with van der Waals surface area (Å²) in [5.41, 5.74) is 0.533. The van der Waals surface area contributed by atoms with Crippen molar-refractivity contribution in [3.8, 4) is 10.7 Å². The summed E-state index contributed by atoms with van der Waals surface area (Å²) in [6.45, 7) is -0.0657. The number of amides is 1. The van der Waals surface area contributed by atoms with E-state index in [9.17, 15) is 4.79 Å². The molecule has 17 heavy (non-hydrogen) atoms. The Labute approximate surface area is 99.8 Å². The Morgan fingerprint density at radius 3 is 2.76 bits per heavy atom. The molecule has 0 bridgehead atoms. The number of aliphatic hydroxyl groups is 1. The van der Waals surface area contributed by atoms with Gasteiger partial charge in [-0.1, -0.05) is 0 Å². The highest BCUT2D eigenvalue weighted by molar-refractivity contribution is 7.14. The Kier molecular flexibility index (Phi) is 3.26. The van der Waals surface area contributed by atoms with Gasteiger partial charge in [0.2, 0.25) is 0 Å². The SMILES string of the molecule is O=C(O)Nc1ccc(-c2ncc(CO)s2)nn1. The molecule has 0 aromatic carbocycles. The summed E-state index contributed by atoms with van der Waals surface area (Å²) >= 11 is 1.31. The Balaban J connectivity index is 2.19. The Bertz CT molecular complexity index is 525. The molecule has 0 aliphatic carbocycles. The highest BCUT2D eigenvalue weighted by Gasteiger charge is 2.07. The molecule has 0 saturated carbocycles. The van der Waals surface area contributed by atoms with Gasteiger partial charge in [-0.05, 0) is 12.1 Å². The number of thiazole rings is 1. The molecule has 2 heterocycles. The highest BCUT2D eigenvalue weighted by atomic mass is 32.1. The van der Waals surface area contributed by atoms with Crippen molar-refractivity contribution < 1.29 is 15.0 Å². The maximum atomic E-state index is 10.3. The molecular formula is C9H8N4O3S. The lowest BCUT2D eigenvalue weighted by atomic mass is 10.4. The summed E-state index contributed by atoms with van der Waals surface area (Å²) in [4.78, 5) is 15.1. The van der Waals surface area contributed by atoms with Crippen LogP contribution in [0, 0.1) is 0 Å². The van der Waals surface area contributed by atoms with E-state index in [1.807, 2.05) is 0 Å². The number of carbonyl (C=O) groups is 1. The van der Waals surface area contributed by atoms with Gasteiger partial charge in [-0.2, -0.15) is 0 Å². The summed E-state index contributed by atoms with van der Waals surface area (Å²) in [7, 11) is 0. The number of aliphatic hydroxyl groups excluding tert-OH is 1. The summed E-state index contributed by atoms with van der Waals surface area (Å²) in [6.07, 6.45) is 0.370. The number of anilines is 1. The number of nitrogens with one attached hydrogen (secondary N) is 1. The van der Waals surface area contributed by atoms with E-state index in [2.05, 4.69) is 20.5 Å². The molecule has 8 heteroatoms. The van der Waals surface area contributed by atoms with Crippen LogP contribution in [0.4, 0.5) is 10.6 Å². The van der Waals surface area contributed by atoms with Crippen LogP contribution in [0.15, 0.2) is 18.3 Å². The van der Waals surface area contributed by atoms with Crippen molar-refractivity contribution in [3.05, 3.63) is 23.2 Å². The van der Waals surface area contributed by atoms with Crippen LogP contribution in [-0.4, -0.2) is 31.5 Å². The first-order chi connectivity index (χ1) is 8.19. The van der Waals surface area contributed by atoms with Gasteiger partial charge in [-0.15, -0.1) is 21.5 Å². The maximum absolute atomic E-state index is 10.3. The van der Waals surface area contributed by atoms with Gasteiger partial charge in [0.1, 0.15) is 10.7 Å². The fourth-order valence-corrected chi connectivity index (χ4v) is 1.86. The minimum atomic E-state index is -1.19. The first-order valence-electron chi connectivity index (χ1n) is 4.58. The summed E-state index contributed by atoms with van der Waals surface area (Å²) in [5, 5.41) is 27.6. The molecule has 88 valence electrons. The molecule has 0 spiro atoms. The third kappa shape index (κ3) is 2.74. The maximum Gasteiger partial charge on any atom is 0.410 e. The molecular weight excluding hydrogens is 244 g/mol. The predicted molar refractivity (Wildman–Crippen MR) is 60.7 cm³/mol. The van der Waals surface area contributed by atoms with Gasteiger partial charge in [0, 0.05) is 6.20 Å². The van der Waals surface area contributed by atoms with Gasteiger partial charge in [-0.25, -0.2) is 9.78 Å². The van der Waals surface area contributed by atoms with Crippen molar-refractivity contribution in [1.82, 2.24) is 15.2 Å². The van der Waals surface area contributed by atoms with Crippen molar-refractivity contribution in [2.45, 2.75) is 6.61 Å². The first-order valence-corrected chi connectivity index (χ1v) is 5.40. The minimum Gasteiger partial charge on any atom is -0.465 e. The largest absolute Gasteiger partial charge is 0.465 e. The van der Waals surface area contributed by atoms with Gasteiger partial charge in [-0.3, -0.25) is 5.32 Å². The van der Waals surface area contributed by atoms with E-state index < -0.39 is 6.09 Å². The Morgan fingerprint density at radius 2 is 2.24 bits per heavy atom. The van der Waals surface area contributed by atoms with Crippen LogP contribution in [0.2, 0.25) is 0 Å². The second-order valence-corrected chi connectivity index (χ2v) is 4.14. The van der Waals surface area contributed by atoms with Crippen molar-refractivity contribution in [3.63, 3.8) is 0 Å². The molecule has 3 N–H and O–H groups in total. The zero-order valence-corrected chi connectivity index (χ0v) is 9.31. The van der Waals surface area contributed by atoms with E-state index in [1.165, 1.54) is 17.4 Å². The van der Waals surface area contributed by atoms with Crippen molar-refractivity contribution in [2.75, 3.05) is 5.32 Å². The molecule has 0 aliphatic rings. The molecule has 0 unspecified atom stereocenters. The average molecular weight is 252 g/mol. The third-order valence-corrected chi connectivity index (χ3v) is 2.83. The zero-order valence-electron chi connectivity index (χ0n) is 8.49. The quantitative estimate of drug-likeness (QED) is 0.757. The Morgan fingerprint density at radius 1 is 1.41 bits per heavy atom. The fourth-order valence-electron chi connectivity index (χ4n) is 1.12. The van der Waals surface area contributed by atoms with E-state index in [0.717, 1.165) is 4.88 Å². The number of nitrogens with zero attached hydrogens (tertiary/aromatic N) is 3. The molecule has 0 atom stereocenters. The molecule has 0 saturated heterocycles. The molecule has 0 fully saturated rings. The van der Waals surface area contributed by atoms with Crippen LogP contribution in [0.25, 0.3) is 10.7 Å². The normalized spacial score (nSPS) is 10.2. The number of hydrogen-bond donors (Lipinski definition) is 3. The van der Waals surface area contributed by atoms with Gasteiger partial charge >= 0.3 is 6.09 Å². The fraction of sp³-hybridized carbons (Fsp3) is 0.111. The lowest BCUT2D eigenvalue weighted by Crippen LogP contribution is -2.09. The summed E-state index contributed by atoms with van der Waals surface area (Å²) < 4.78 is 0. The second kappa shape index (κ2) is 4.85. The molecule has 2 aromatic heterocycles. The van der Waals surface area contributed by atoms with Crippen molar-refractivity contribution in [1.29, 1.82) is 0 Å². The van der Waals surface area contributed by atoms with Crippen LogP contribution in [0.3, 0.4) is 0 Å². The molecule has 2 rings (SSSR count). The predicted octanol–water partition coefficient (Wildman–Crippen LogP) is 1.18. The molecule has 1 amide bonds. The topological polar surface area (TPSA) is 108 Å². The van der Waals surface area contributed by atoms with Crippen LogP contribution in [-0.2, 0) is 6.61 Å². The average Bonchev–Trinajstić information content (AvgIpc) is 2.78. The molecule has 2 aromatic rings. The van der Waals surface area contributed by atoms with Crippen LogP contribution in [0.5, 0.6) is 0 Å². The monoisotopic (exact) mass is 252 g/mol.